The van der Waals surface area contributed by atoms with Gasteiger partial charge in [0.25, 0.3) is 0 Å². The minimum atomic E-state index is -0.119. The Morgan fingerprint density at radius 1 is 0.350 bits per heavy atom. The van der Waals surface area contributed by atoms with Gasteiger partial charge in [-0.25, -0.2) is 0 Å². The lowest BCUT2D eigenvalue weighted by Crippen LogP contribution is -2.13. The maximum absolute atomic E-state index is 11.7. The number of Topliss-reactive ketones (excluding diaryl/α,β-unsaturated/α-hetero) is 2. The molecule has 0 spiro atoms. The molecule has 0 unspecified atom stereocenters. The molecule has 1 rings (SSSR count). The van der Waals surface area contributed by atoms with Gasteiger partial charge >= 0.3 is 0 Å². The zero-order valence-corrected chi connectivity index (χ0v) is 13.1. The van der Waals surface area contributed by atoms with E-state index < -0.39 is 0 Å². The molecule has 2 heteroatoms. The molecular formula is C18H32O2. The minimum absolute atomic E-state index is 0.119. The first kappa shape index (κ1) is 17.4. The van der Waals surface area contributed by atoms with Gasteiger partial charge in [-0.05, 0) is 12.8 Å². The van der Waals surface area contributed by atoms with Gasteiger partial charge in [0, 0.05) is 12.8 Å². The molecular weight excluding hydrogens is 248 g/mol. The molecule has 1 fully saturated rings. The topological polar surface area (TPSA) is 34.1 Å². The van der Waals surface area contributed by atoms with Crippen molar-refractivity contribution in [1.82, 2.24) is 0 Å². The minimum Gasteiger partial charge on any atom is -0.291 e. The van der Waals surface area contributed by atoms with Gasteiger partial charge in [-0.1, -0.05) is 77.0 Å². The summed E-state index contributed by atoms with van der Waals surface area (Å²) in [6.07, 6.45) is 18.3. The predicted octanol–water partition coefficient (Wildman–Crippen LogP) is 5.38. The average molecular weight is 280 g/mol. The van der Waals surface area contributed by atoms with Gasteiger partial charge in [0.05, 0.1) is 0 Å². The van der Waals surface area contributed by atoms with Crippen LogP contribution < -0.4 is 0 Å². The van der Waals surface area contributed by atoms with Crippen LogP contribution in [-0.2, 0) is 9.59 Å². The number of rotatable bonds is 0. The molecule has 0 radical (unpaired) electrons. The van der Waals surface area contributed by atoms with E-state index in [2.05, 4.69) is 0 Å². The van der Waals surface area contributed by atoms with E-state index in [0.29, 0.717) is 12.8 Å². The fourth-order valence-electron chi connectivity index (χ4n) is 2.97. The highest BCUT2D eigenvalue weighted by Gasteiger charge is 2.12. The van der Waals surface area contributed by atoms with E-state index in [9.17, 15) is 9.59 Å². The number of hydrogen-bond donors (Lipinski definition) is 0. The summed E-state index contributed by atoms with van der Waals surface area (Å²) in [7, 11) is 0. The van der Waals surface area contributed by atoms with E-state index in [1.54, 1.807) is 0 Å². The molecule has 2 nitrogen and oxygen atoms in total. The van der Waals surface area contributed by atoms with E-state index in [1.807, 2.05) is 0 Å². The fourth-order valence-corrected chi connectivity index (χ4v) is 2.97. The predicted molar refractivity (Wildman–Crippen MR) is 83.9 cm³/mol. The highest BCUT2D eigenvalue weighted by molar-refractivity contribution is 6.37. The van der Waals surface area contributed by atoms with E-state index in [0.717, 1.165) is 25.7 Å². The molecule has 0 saturated heterocycles. The molecule has 0 aromatic heterocycles. The molecule has 1 aliphatic rings. The lowest BCUT2D eigenvalue weighted by Gasteiger charge is -2.05. The summed E-state index contributed by atoms with van der Waals surface area (Å²) >= 11 is 0. The molecule has 0 aliphatic heterocycles. The van der Waals surface area contributed by atoms with Crippen LogP contribution in [-0.4, -0.2) is 11.6 Å². The molecule has 116 valence electrons. The molecule has 20 heavy (non-hydrogen) atoms. The quantitative estimate of drug-likeness (QED) is 0.558. The molecule has 0 bridgehead atoms. The molecule has 0 amide bonds. The van der Waals surface area contributed by atoms with Gasteiger partial charge < -0.3 is 0 Å². The smallest absolute Gasteiger partial charge is 0.198 e. The monoisotopic (exact) mass is 280 g/mol. The zero-order valence-electron chi connectivity index (χ0n) is 13.1. The van der Waals surface area contributed by atoms with Crippen LogP contribution in [0.25, 0.3) is 0 Å². The van der Waals surface area contributed by atoms with Crippen LogP contribution in [0.15, 0.2) is 0 Å². The Hall–Kier alpha value is -0.660. The van der Waals surface area contributed by atoms with E-state index in [-0.39, 0.29) is 11.6 Å². The van der Waals surface area contributed by atoms with Crippen LogP contribution in [0.4, 0.5) is 0 Å². The second kappa shape index (κ2) is 12.1. The number of carbonyl (C=O) groups excluding carboxylic acids is 2. The molecule has 0 N–H and O–H groups in total. The Kier molecular flexibility index (Phi) is 10.5. The van der Waals surface area contributed by atoms with Crippen molar-refractivity contribution < 1.29 is 9.59 Å². The van der Waals surface area contributed by atoms with Crippen molar-refractivity contribution in [3.05, 3.63) is 0 Å². The lowest BCUT2D eigenvalue weighted by molar-refractivity contribution is -0.136. The molecule has 0 aromatic carbocycles. The fraction of sp³-hybridized carbons (Fsp3) is 0.889. The van der Waals surface area contributed by atoms with Crippen molar-refractivity contribution in [3.63, 3.8) is 0 Å². The van der Waals surface area contributed by atoms with E-state index >= 15 is 0 Å². The summed E-state index contributed by atoms with van der Waals surface area (Å²) in [5.41, 5.74) is 0. The molecule has 0 aromatic rings. The Labute approximate surface area is 124 Å². The standard InChI is InChI=1S/C18H32O2/c19-17-15-13-11-9-7-5-3-1-2-4-6-8-10-12-14-16-18(17)20/h1-16H2. The third kappa shape index (κ3) is 9.28. The first-order valence-electron chi connectivity index (χ1n) is 8.87. The highest BCUT2D eigenvalue weighted by Crippen LogP contribution is 2.14. The maximum atomic E-state index is 11.7. The second-order valence-corrected chi connectivity index (χ2v) is 6.30. The Balaban J connectivity index is 2.21. The summed E-state index contributed by atoms with van der Waals surface area (Å²) in [4.78, 5) is 23.3. The third-order valence-electron chi connectivity index (χ3n) is 4.37. The average Bonchev–Trinajstić information content (AvgIpc) is 2.45. The second-order valence-electron chi connectivity index (χ2n) is 6.30. The molecule has 0 atom stereocenters. The molecule has 0 heterocycles. The van der Waals surface area contributed by atoms with Crippen LogP contribution in [0, 0.1) is 0 Å². The molecule has 1 aliphatic carbocycles. The van der Waals surface area contributed by atoms with E-state index in [1.165, 1.54) is 64.2 Å². The highest BCUT2D eigenvalue weighted by atomic mass is 16.2. The summed E-state index contributed by atoms with van der Waals surface area (Å²) in [5.74, 6) is -0.239. The van der Waals surface area contributed by atoms with Gasteiger partial charge in [0.1, 0.15) is 0 Å². The van der Waals surface area contributed by atoms with Crippen molar-refractivity contribution >= 4 is 11.6 Å². The van der Waals surface area contributed by atoms with Crippen molar-refractivity contribution in [2.24, 2.45) is 0 Å². The first-order chi connectivity index (χ1) is 9.80. The molecule has 1 saturated carbocycles. The van der Waals surface area contributed by atoms with Gasteiger partial charge in [0.15, 0.2) is 11.6 Å². The largest absolute Gasteiger partial charge is 0.291 e. The van der Waals surface area contributed by atoms with Gasteiger partial charge in [-0.3, -0.25) is 9.59 Å². The van der Waals surface area contributed by atoms with Crippen LogP contribution in [0.1, 0.15) is 103 Å². The summed E-state index contributed by atoms with van der Waals surface area (Å²) in [6, 6.07) is 0. The number of carbonyl (C=O) groups is 2. The van der Waals surface area contributed by atoms with Gasteiger partial charge in [-0.15, -0.1) is 0 Å². The summed E-state index contributed by atoms with van der Waals surface area (Å²) < 4.78 is 0. The number of hydrogen-bond acceptors (Lipinski definition) is 2. The van der Waals surface area contributed by atoms with Crippen LogP contribution in [0.3, 0.4) is 0 Å². The number of ketones is 2. The van der Waals surface area contributed by atoms with Crippen LogP contribution in [0.2, 0.25) is 0 Å². The van der Waals surface area contributed by atoms with Gasteiger partial charge in [-0.2, -0.15) is 0 Å². The maximum Gasteiger partial charge on any atom is 0.198 e. The summed E-state index contributed by atoms with van der Waals surface area (Å²) in [6.45, 7) is 0. The van der Waals surface area contributed by atoms with Gasteiger partial charge in [0.2, 0.25) is 0 Å². The van der Waals surface area contributed by atoms with Crippen molar-refractivity contribution in [2.75, 3.05) is 0 Å². The van der Waals surface area contributed by atoms with Crippen molar-refractivity contribution in [1.29, 1.82) is 0 Å². The van der Waals surface area contributed by atoms with E-state index in [4.69, 9.17) is 0 Å². The van der Waals surface area contributed by atoms with Crippen molar-refractivity contribution in [2.45, 2.75) is 103 Å². The van der Waals surface area contributed by atoms with Crippen molar-refractivity contribution in [3.8, 4) is 0 Å². The SMILES string of the molecule is O=C1CCCCCCCCCCCCCCCCC1=O. The Morgan fingerprint density at radius 2 is 0.550 bits per heavy atom. The zero-order chi connectivity index (χ0) is 14.5. The first-order valence-corrected chi connectivity index (χ1v) is 8.87. The summed E-state index contributed by atoms with van der Waals surface area (Å²) in [5, 5.41) is 0. The van der Waals surface area contributed by atoms with Crippen LogP contribution >= 0.6 is 0 Å². The lowest BCUT2D eigenvalue weighted by atomic mass is 10.0. The normalized spacial score (nSPS) is 23.0. The van der Waals surface area contributed by atoms with Crippen LogP contribution in [0.5, 0.6) is 0 Å². The third-order valence-corrected chi connectivity index (χ3v) is 4.37. The Bertz CT molecular complexity index is 243. The Morgan fingerprint density at radius 3 is 0.800 bits per heavy atom.